The van der Waals surface area contributed by atoms with Crippen LogP contribution < -0.4 is 5.32 Å². The second-order valence-corrected chi connectivity index (χ2v) is 6.46. The smallest absolute Gasteiger partial charge is 0.230 e. The molecule has 2 aromatic rings. The van der Waals surface area contributed by atoms with E-state index in [4.69, 9.17) is 0 Å². The average molecular weight is 345 g/mol. The van der Waals surface area contributed by atoms with Crippen molar-refractivity contribution in [2.45, 2.75) is 31.7 Å². The lowest BCUT2D eigenvalue weighted by atomic mass is 9.95. The molecule has 3 rings (SSSR count). The number of aryl methyl sites for hydroxylation is 1. The van der Waals surface area contributed by atoms with Crippen molar-refractivity contribution < 1.29 is 4.79 Å². The normalized spacial score (nSPS) is 15.5. The summed E-state index contributed by atoms with van der Waals surface area (Å²) in [6.45, 7) is 2.44. The minimum atomic E-state index is -0.329. The van der Waals surface area contributed by atoms with E-state index in [0.717, 1.165) is 34.3 Å². The maximum absolute atomic E-state index is 12.5. The van der Waals surface area contributed by atoms with Gasteiger partial charge < -0.3 is 5.32 Å². The van der Waals surface area contributed by atoms with Crippen molar-refractivity contribution in [3.05, 3.63) is 63.9 Å². The lowest BCUT2D eigenvalue weighted by Gasteiger charge is -2.16. The Hall–Kier alpha value is -1.68. The Bertz CT molecular complexity index is 663. The fourth-order valence-electron chi connectivity index (χ4n) is 2.58. The maximum Gasteiger partial charge on any atom is 0.230 e. The molecule has 4 heteroatoms. The minimum absolute atomic E-state index is 0.105. The van der Waals surface area contributed by atoms with E-state index in [-0.39, 0.29) is 11.3 Å². The minimum Gasteiger partial charge on any atom is -0.350 e. The fourth-order valence-corrected chi connectivity index (χ4v) is 2.84. The summed E-state index contributed by atoms with van der Waals surface area (Å²) in [5.74, 6) is 0.105. The van der Waals surface area contributed by atoms with Crippen LogP contribution in [0.3, 0.4) is 0 Å². The molecule has 21 heavy (non-hydrogen) atoms. The van der Waals surface area contributed by atoms with Gasteiger partial charge in [0.15, 0.2) is 0 Å². The number of hydrogen-bond donors (Lipinski definition) is 1. The van der Waals surface area contributed by atoms with Crippen LogP contribution in [-0.4, -0.2) is 10.9 Å². The van der Waals surface area contributed by atoms with E-state index in [0.29, 0.717) is 6.54 Å². The van der Waals surface area contributed by atoms with Gasteiger partial charge in [-0.3, -0.25) is 9.78 Å². The van der Waals surface area contributed by atoms with Gasteiger partial charge in [0.05, 0.1) is 17.7 Å². The molecule has 1 amide bonds. The fraction of sp³-hybridized carbons (Fsp3) is 0.294. The first-order valence-electron chi connectivity index (χ1n) is 7.07. The number of amides is 1. The quantitative estimate of drug-likeness (QED) is 0.922. The lowest BCUT2D eigenvalue weighted by molar-refractivity contribution is -0.123. The van der Waals surface area contributed by atoms with Gasteiger partial charge in [0, 0.05) is 10.2 Å². The van der Waals surface area contributed by atoms with Crippen LogP contribution in [0.15, 0.2) is 46.9 Å². The molecule has 0 radical (unpaired) electrons. The van der Waals surface area contributed by atoms with Crippen LogP contribution in [0.4, 0.5) is 0 Å². The molecule has 108 valence electrons. The zero-order chi connectivity index (χ0) is 14.9. The van der Waals surface area contributed by atoms with Crippen LogP contribution >= 0.6 is 15.9 Å². The Kier molecular flexibility index (Phi) is 3.81. The molecule has 1 aromatic heterocycles. The Balaban J connectivity index is 1.69. The summed E-state index contributed by atoms with van der Waals surface area (Å²) in [6, 6.07) is 13.9. The molecule has 1 aliphatic rings. The Morgan fingerprint density at radius 3 is 2.57 bits per heavy atom. The van der Waals surface area contributed by atoms with Crippen molar-refractivity contribution >= 4 is 21.8 Å². The SMILES string of the molecule is Cc1cccc(CNC(=O)C2(c3ccc(Br)cc3)CC2)n1. The third kappa shape index (κ3) is 3.00. The topological polar surface area (TPSA) is 42.0 Å². The molecule has 1 heterocycles. The van der Waals surface area contributed by atoms with Gasteiger partial charge in [0.25, 0.3) is 0 Å². The molecular formula is C17H17BrN2O. The number of nitrogens with zero attached hydrogens (tertiary/aromatic N) is 1. The van der Waals surface area contributed by atoms with E-state index in [9.17, 15) is 4.79 Å². The second-order valence-electron chi connectivity index (χ2n) is 5.54. The Morgan fingerprint density at radius 1 is 1.24 bits per heavy atom. The molecule has 1 fully saturated rings. The van der Waals surface area contributed by atoms with Gasteiger partial charge >= 0.3 is 0 Å². The number of rotatable bonds is 4. The van der Waals surface area contributed by atoms with Crippen molar-refractivity contribution in [1.82, 2.24) is 10.3 Å². The molecule has 1 N–H and O–H groups in total. The van der Waals surface area contributed by atoms with E-state index in [1.807, 2.05) is 49.4 Å². The molecule has 3 nitrogen and oxygen atoms in total. The highest BCUT2D eigenvalue weighted by Gasteiger charge is 2.51. The van der Waals surface area contributed by atoms with Gasteiger partial charge in [0.2, 0.25) is 5.91 Å². The summed E-state index contributed by atoms with van der Waals surface area (Å²) in [5, 5.41) is 3.03. The van der Waals surface area contributed by atoms with Crippen molar-refractivity contribution in [3.63, 3.8) is 0 Å². The van der Waals surface area contributed by atoms with Crippen LogP contribution in [0.25, 0.3) is 0 Å². The van der Waals surface area contributed by atoms with Crippen LogP contribution in [0.2, 0.25) is 0 Å². The molecule has 1 aromatic carbocycles. The van der Waals surface area contributed by atoms with E-state index in [1.165, 1.54) is 0 Å². The summed E-state index contributed by atoms with van der Waals surface area (Å²) in [7, 11) is 0. The standard InChI is InChI=1S/C17H17BrN2O/c1-12-3-2-4-15(20-12)11-19-16(21)17(9-10-17)13-5-7-14(18)8-6-13/h2-8H,9-11H2,1H3,(H,19,21). The highest BCUT2D eigenvalue weighted by Crippen LogP contribution is 2.48. The molecule has 0 aliphatic heterocycles. The van der Waals surface area contributed by atoms with Crippen molar-refractivity contribution in [3.8, 4) is 0 Å². The van der Waals surface area contributed by atoms with Crippen LogP contribution in [0.5, 0.6) is 0 Å². The van der Waals surface area contributed by atoms with Crippen molar-refractivity contribution in [2.24, 2.45) is 0 Å². The average Bonchev–Trinajstić information content (AvgIpc) is 3.27. The van der Waals surface area contributed by atoms with E-state index >= 15 is 0 Å². The van der Waals surface area contributed by atoms with Gasteiger partial charge in [-0.1, -0.05) is 34.1 Å². The number of pyridine rings is 1. The zero-order valence-corrected chi connectivity index (χ0v) is 13.5. The van der Waals surface area contributed by atoms with Crippen LogP contribution in [0, 0.1) is 6.92 Å². The Morgan fingerprint density at radius 2 is 1.95 bits per heavy atom. The molecule has 0 saturated heterocycles. The second kappa shape index (κ2) is 5.60. The maximum atomic E-state index is 12.5. The first-order chi connectivity index (χ1) is 10.1. The predicted octanol–water partition coefficient (Wildman–Crippen LogP) is 3.50. The third-order valence-electron chi connectivity index (χ3n) is 3.96. The summed E-state index contributed by atoms with van der Waals surface area (Å²) >= 11 is 3.43. The molecule has 0 unspecified atom stereocenters. The molecule has 0 atom stereocenters. The number of carbonyl (C=O) groups excluding carboxylic acids is 1. The highest BCUT2D eigenvalue weighted by atomic mass is 79.9. The van der Waals surface area contributed by atoms with Gasteiger partial charge in [-0.05, 0) is 49.6 Å². The summed E-state index contributed by atoms with van der Waals surface area (Å²) in [5.41, 5.74) is 2.64. The molecular weight excluding hydrogens is 328 g/mol. The number of hydrogen-bond acceptors (Lipinski definition) is 2. The van der Waals surface area contributed by atoms with E-state index in [1.54, 1.807) is 0 Å². The molecule has 0 bridgehead atoms. The number of halogens is 1. The van der Waals surface area contributed by atoms with Gasteiger partial charge in [-0.25, -0.2) is 0 Å². The third-order valence-corrected chi connectivity index (χ3v) is 4.49. The monoisotopic (exact) mass is 344 g/mol. The lowest BCUT2D eigenvalue weighted by Crippen LogP contribution is -2.34. The number of carbonyl (C=O) groups is 1. The van der Waals surface area contributed by atoms with Gasteiger partial charge in [0.1, 0.15) is 0 Å². The van der Waals surface area contributed by atoms with Crippen LogP contribution in [0.1, 0.15) is 29.8 Å². The highest BCUT2D eigenvalue weighted by molar-refractivity contribution is 9.10. The van der Waals surface area contributed by atoms with Crippen LogP contribution in [-0.2, 0) is 16.8 Å². The first-order valence-corrected chi connectivity index (χ1v) is 7.86. The molecule has 0 spiro atoms. The summed E-state index contributed by atoms with van der Waals surface area (Å²) < 4.78 is 1.03. The van der Waals surface area contributed by atoms with Gasteiger partial charge in [-0.15, -0.1) is 0 Å². The zero-order valence-electron chi connectivity index (χ0n) is 11.9. The number of aromatic nitrogens is 1. The van der Waals surface area contributed by atoms with E-state index in [2.05, 4.69) is 26.2 Å². The predicted molar refractivity (Wildman–Crippen MR) is 85.9 cm³/mol. The summed E-state index contributed by atoms with van der Waals surface area (Å²) in [6.07, 6.45) is 1.84. The number of nitrogens with one attached hydrogen (secondary N) is 1. The van der Waals surface area contributed by atoms with Crippen molar-refractivity contribution in [1.29, 1.82) is 0 Å². The Labute approximate surface area is 132 Å². The van der Waals surface area contributed by atoms with Gasteiger partial charge in [-0.2, -0.15) is 0 Å². The largest absolute Gasteiger partial charge is 0.350 e. The molecule has 1 aliphatic carbocycles. The number of benzene rings is 1. The van der Waals surface area contributed by atoms with E-state index < -0.39 is 0 Å². The summed E-state index contributed by atoms with van der Waals surface area (Å²) in [4.78, 5) is 16.9. The molecule has 1 saturated carbocycles. The first kappa shape index (κ1) is 14.3. The van der Waals surface area contributed by atoms with Crippen molar-refractivity contribution in [2.75, 3.05) is 0 Å².